The van der Waals surface area contributed by atoms with Gasteiger partial charge >= 0.3 is 0 Å². The van der Waals surface area contributed by atoms with Gasteiger partial charge in [-0.1, -0.05) is 53.5 Å². The van der Waals surface area contributed by atoms with Crippen LogP contribution in [0, 0.1) is 0 Å². The van der Waals surface area contributed by atoms with Gasteiger partial charge in [0.05, 0.1) is 17.1 Å². The van der Waals surface area contributed by atoms with Crippen LogP contribution in [0.25, 0.3) is 0 Å². The van der Waals surface area contributed by atoms with Crippen LogP contribution >= 0.6 is 34.5 Å². The number of hydrogen-bond donors (Lipinski definition) is 2. The number of halogens is 2. The fourth-order valence-corrected chi connectivity index (χ4v) is 3.83. The molecule has 2 N–H and O–H groups in total. The fraction of sp³-hybridized carbons (Fsp3) is 0.105. The standard InChI is InChI=1S/C19H15Cl2NO2S/c20-13-6-8-15(16(21)10-13)19(24)22-11-14-7-9-17(25-14)18(23)12-4-2-1-3-5-12/h1-10,18,23H,11H2,(H,22,24). The lowest BCUT2D eigenvalue weighted by Gasteiger charge is -2.08. The highest BCUT2D eigenvalue weighted by Crippen LogP contribution is 2.28. The maximum Gasteiger partial charge on any atom is 0.253 e. The number of benzene rings is 2. The van der Waals surface area contributed by atoms with Crippen LogP contribution in [0.15, 0.2) is 60.7 Å². The third-order valence-electron chi connectivity index (χ3n) is 3.67. The average Bonchev–Trinajstić information content (AvgIpc) is 3.09. The second-order valence-electron chi connectivity index (χ2n) is 5.42. The van der Waals surface area contributed by atoms with Crippen molar-refractivity contribution in [3.8, 4) is 0 Å². The Morgan fingerprint density at radius 2 is 1.84 bits per heavy atom. The number of aliphatic hydroxyl groups is 1. The van der Waals surface area contributed by atoms with E-state index in [0.29, 0.717) is 22.2 Å². The molecular weight excluding hydrogens is 377 g/mol. The number of thiophene rings is 1. The molecule has 25 heavy (non-hydrogen) atoms. The first-order chi connectivity index (χ1) is 12.0. The lowest BCUT2D eigenvalue weighted by atomic mass is 10.1. The maximum absolute atomic E-state index is 12.2. The molecule has 0 aliphatic rings. The molecule has 0 bridgehead atoms. The quantitative estimate of drug-likeness (QED) is 0.637. The zero-order chi connectivity index (χ0) is 17.8. The minimum Gasteiger partial charge on any atom is -0.383 e. The van der Waals surface area contributed by atoms with E-state index in [1.54, 1.807) is 12.1 Å². The first kappa shape index (κ1) is 18.0. The van der Waals surface area contributed by atoms with Crippen molar-refractivity contribution >= 4 is 40.4 Å². The molecule has 1 amide bonds. The molecule has 128 valence electrons. The van der Waals surface area contributed by atoms with Gasteiger partial charge in [-0.25, -0.2) is 0 Å². The molecule has 3 rings (SSSR count). The molecule has 3 aromatic rings. The van der Waals surface area contributed by atoms with Crippen LogP contribution < -0.4 is 5.32 Å². The summed E-state index contributed by atoms with van der Waals surface area (Å²) in [6.07, 6.45) is -0.665. The second kappa shape index (κ2) is 8.02. The van der Waals surface area contributed by atoms with Crippen molar-refractivity contribution in [2.45, 2.75) is 12.6 Å². The van der Waals surface area contributed by atoms with Crippen molar-refractivity contribution in [1.29, 1.82) is 0 Å². The van der Waals surface area contributed by atoms with Crippen LogP contribution in [-0.4, -0.2) is 11.0 Å². The van der Waals surface area contributed by atoms with E-state index in [-0.39, 0.29) is 5.91 Å². The van der Waals surface area contributed by atoms with Crippen molar-refractivity contribution in [3.05, 3.63) is 91.6 Å². The number of carbonyl (C=O) groups is 1. The third-order valence-corrected chi connectivity index (χ3v) is 5.35. The third kappa shape index (κ3) is 4.41. The van der Waals surface area contributed by atoms with Gasteiger partial charge in [0.1, 0.15) is 6.10 Å². The summed E-state index contributed by atoms with van der Waals surface area (Å²) in [6, 6.07) is 18.0. The molecule has 0 radical (unpaired) electrons. The topological polar surface area (TPSA) is 49.3 Å². The second-order valence-corrected chi connectivity index (χ2v) is 7.47. The monoisotopic (exact) mass is 391 g/mol. The summed E-state index contributed by atoms with van der Waals surface area (Å²) in [6.45, 7) is 0.365. The molecule has 0 spiro atoms. The van der Waals surface area contributed by atoms with E-state index in [9.17, 15) is 9.90 Å². The minimum atomic E-state index is -0.665. The molecule has 0 fully saturated rings. The Kier molecular flexibility index (Phi) is 5.76. The Balaban J connectivity index is 1.65. The van der Waals surface area contributed by atoms with E-state index < -0.39 is 6.10 Å². The number of carbonyl (C=O) groups excluding carboxylic acids is 1. The van der Waals surface area contributed by atoms with Gasteiger partial charge in [-0.15, -0.1) is 11.3 Å². The molecule has 0 aliphatic carbocycles. The van der Waals surface area contributed by atoms with Crippen molar-refractivity contribution in [2.75, 3.05) is 0 Å². The number of amides is 1. The summed E-state index contributed by atoms with van der Waals surface area (Å²) in [4.78, 5) is 14.0. The number of hydrogen-bond acceptors (Lipinski definition) is 3. The lowest BCUT2D eigenvalue weighted by molar-refractivity contribution is 0.0951. The van der Waals surface area contributed by atoms with Gasteiger partial charge in [0, 0.05) is 14.8 Å². The molecule has 3 nitrogen and oxygen atoms in total. The molecule has 1 aromatic heterocycles. The van der Waals surface area contributed by atoms with Gasteiger partial charge in [-0.05, 0) is 35.9 Å². The largest absolute Gasteiger partial charge is 0.383 e. The molecule has 1 heterocycles. The van der Waals surface area contributed by atoms with Crippen LogP contribution in [0.3, 0.4) is 0 Å². The SMILES string of the molecule is O=C(NCc1ccc(C(O)c2ccccc2)s1)c1ccc(Cl)cc1Cl. The molecule has 1 unspecified atom stereocenters. The van der Waals surface area contributed by atoms with Gasteiger partial charge in [0.2, 0.25) is 0 Å². The van der Waals surface area contributed by atoms with E-state index in [1.807, 2.05) is 42.5 Å². The van der Waals surface area contributed by atoms with E-state index in [2.05, 4.69) is 5.32 Å². The van der Waals surface area contributed by atoms with Crippen LogP contribution in [0.2, 0.25) is 10.0 Å². The molecule has 1 atom stereocenters. The van der Waals surface area contributed by atoms with Gasteiger partial charge in [-0.2, -0.15) is 0 Å². The van der Waals surface area contributed by atoms with E-state index in [0.717, 1.165) is 15.3 Å². The highest BCUT2D eigenvalue weighted by molar-refractivity contribution is 7.12. The van der Waals surface area contributed by atoms with Crippen molar-refractivity contribution < 1.29 is 9.90 Å². The predicted molar refractivity (Wildman–Crippen MR) is 102 cm³/mol. The molecule has 0 saturated carbocycles. The van der Waals surface area contributed by atoms with Crippen molar-refractivity contribution in [3.63, 3.8) is 0 Å². The summed E-state index contributed by atoms with van der Waals surface area (Å²) in [5.41, 5.74) is 1.22. The summed E-state index contributed by atoms with van der Waals surface area (Å²) in [7, 11) is 0. The summed E-state index contributed by atoms with van der Waals surface area (Å²) in [5.74, 6) is -0.264. The number of aliphatic hydroxyl groups excluding tert-OH is 1. The Labute approximate surface area is 159 Å². The van der Waals surface area contributed by atoms with E-state index >= 15 is 0 Å². The Bertz CT molecular complexity index is 880. The van der Waals surface area contributed by atoms with Gasteiger partial charge in [0.15, 0.2) is 0 Å². The van der Waals surface area contributed by atoms with Crippen molar-refractivity contribution in [1.82, 2.24) is 5.32 Å². The molecule has 0 aliphatic heterocycles. The van der Waals surface area contributed by atoms with E-state index in [1.165, 1.54) is 17.4 Å². The van der Waals surface area contributed by atoms with Crippen molar-refractivity contribution in [2.24, 2.45) is 0 Å². The highest BCUT2D eigenvalue weighted by atomic mass is 35.5. The van der Waals surface area contributed by atoms with Crippen LogP contribution in [-0.2, 0) is 6.54 Å². The lowest BCUT2D eigenvalue weighted by Crippen LogP contribution is -2.22. The normalized spacial score (nSPS) is 12.0. The zero-order valence-corrected chi connectivity index (χ0v) is 15.4. The highest BCUT2D eigenvalue weighted by Gasteiger charge is 2.14. The Morgan fingerprint density at radius 1 is 1.08 bits per heavy atom. The van der Waals surface area contributed by atoms with Crippen LogP contribution in [0.1, 0.15) is 31.8 Å². The average molecular weight is 392 g/mol. The van der Waals surface area contributed by atoms with Crippen LogP contribution in [0.4, 0.5) is 0 Å². The molecule has 6 heteroatoms. The molecule has 0 saturated heterocycles. The Hall–Kier alpha value is -1.85. The predicted octanol–water partition coefficient (Wildman–Crippen LogP) is 5.07. The van der Waals surface area contributed by atoms with Gasteiger partial charge in [-0.3, -0.25) is 4.79 Å². The van der Waals surface area contributed by atoms with Gasteiger partial charge in [0.25, 0.3) is 5.91 Å². The van der Waals surface area contributed by atoms with Crippen LogP contribution in [0.5, 0.6) is 0 Å². The minimum absolute atomic E-state index is 0.264. The summed E-state index contributed by atoms with van der Waals surface area (Å²) < 4.78 is 0. The number of nitrogens with one attached hydrogen (secondary N) is 1. The maximum atomic E-state index is 12.2. The fourth-order valence-electron chi connectivity index (χ4n) is 2.37. The smallest absolute Gasteiger partial charge is 0.253 e. The summed E-state index contributed by atoms with van der Waals surface area (Å²) in [5, 5.41) is 14.0. The zero-order valence-electron chi connectivity index (χ0n) is 13.1. The number of rotatable bonds is 5. The Morgan fingerprint density at radius 3 is 2.56 bits per heavy atom. The first-order valence-corrected chi connectivity index (χ1v) is 9.16. The molecule has 2 aromatic carbocycles. The molecular formula is C19H15Cl2NO2S. The van der Waals surface area contributed by atoms with Gasteiger partial charge < -0.3 is 10.4 Å². The van der Waals surface area contributed by atoms with E-state index in [4.69, 9.17) is 23.2 Å². The summed E-state index contributed by atoms with van der Waals surface area (Å²) >= 11 is 13.3. The first-order valence-electron chi connectivity index (χ1n) is 7.59.